The first-order chi connectivity index (χ1) is 15.5. The van der Waals surface area contributed by atoms with Crippen LogP contribution < -0.4 is 16.8 Å². The van der Waals surface area contributed by atoms with Crippen LogP contribution in [0.15, 0.2) is 24.3 Å². The summed E-state index contributed by atoms with van der Waals surface area (Å²) in [4.78, 5) is 3.46. The first kappa shape index (κ1) is 30.6. The fourth-order valence-electron chi connectivity index (χ4n) is 4.47. The number of ether oxygens (including phenoxy) is 2. The molecule has 9 heteroatoms. The van der Waals surface area contributed by atoms with Gasteiger partial charge in [-0.3, -0.25) is 0 Å². The molecule has 2 fully saturated rings. The molecule has 3 heterocycles. The number of H-pyrrole nitrogens is 1. The fraction of sp³-hybridized carbons (Fsp3) is 0.520. The van der Waals surface area contributed by atoms with Crippen LogP contribution in [-0.2, 0) is 48.6 Å². The molecule has 0 amide bonds. The van der Waals surface area contributed by atoms with E-state index in [2.05, 4.69) is 10.3 Å². The standard InChI is InChI=1S/C23H31N3O3.C2H7N.H2O.Y/c24-20(18-3-1-2-4-21(18)27)13-19-17(6-5-15-7-10-29-14-15)22(26-23(19)25)16-8-11-28-12-9-16;1-3-2;;/h1-4,13,15-16,26-27H,5-12,14,24-25H2;3H,1-2H3;1H2;/b20-13-;;;. The van der Waals surface area contributed by atoms with Crippen molar-refractivity contribution in [3.05, 3.63) is 46.6 Å². The van der Waals surface area contributed by atoms with Crippen LogP contribution in [-0.4, -0.2) is 56.1 Å². The van der Waals surface area contributed by atoms with E-state index in [1.807, 2.05) is 32.3 Å². The number of phenolic OH excluding ortho intramolecular Hbond substituents is 1. The van der Waals surface area contributed by atoms with Crippen LogP contribution in [0.3, 0.4) is 0 Å². The molecule has 0 bridgehead atoms. The van der Waals surface area contributed by atoms with Crippen molar-refractivity contribution < 1.29 is 52.8 Å². The van der Waals surface area contributed by atoms with Crippen molar-refractivity contribution in [3.8, 4) is 5.75 Å². The average molecular weight is 550 g/mol. The number of para-hydroxylation sites is 1. The molecule has 187 valence electrons. The second-order valence-corrected chi connectivity index (χ2v) is 8.62. The first-order valence-electron chi connectivity index (χ1n) is 11.5. The van der Waals surface area contributed by atoms with Crippen LogP contribution in [0.5, 0.6) is 5.75 Å². The van der Waals surface area contributed by atoms with Crippen LogP contribution in [0, 0.1) is 5.92 Å². The molecular weight excluding hydrogens is 509 g/mol. The van der Waals surface area contributed by atoms with Gasteiger partial charge in [0.05, 0.1) is 0 Å². The third kappa shape index (κ3) is 8.07. The topological polar surface area (TPSA) is 150 Å². The Bertz CT molecular complexity index is 891. The Morgan fingerprint density at radius 3 is 2.41 bits per heavy atom. The average Bonchev–Trinajstić information content (AvgIpc) is 3.42. The molecule has 4 rings (SSSR count). The Kier molecular flexibility index (Phi) is 14.0. The SMILES string of the molecule is CNC.N/C(=C\c1c(N)[nH]c(C2CCOCC2)c1CCC1CCOC1)c1ccccc1O.O.[Y]. The molecule has 1 unspecified atom stereocenters. The maximum atomic E-state index is 10.2. The fourth-order valence-corrected chi connectivity index (χ4v) is 4.47. The van der Waals surface area contributed by atoms with E-state index in [1.165, 1.54) is 11.3 Å². The summed E-state index contributed by atoms with van der Waals surface area (Å²) < 4.78 is 11.1. The largest absolute Gasteiger partial charge is 0.507 e. The summed E-state index contributed by atoms with van der Waals surface area (Å²) in [7, 11) is 3.75. The molecule has 0 spiro atoms. The number of benzene rings is 1. The van der Waals surface area contributed by atoms with Gasteiger partial charge < -0.3 is 41.8 Å². The number of rotatable bonds is 6. The molecule has 1 aromatic heterocycles. The summed E-state index contributed by atoms with van der Waals surface area (Å²) >= 11 is 0. The number of phenols is 1. The molecule has 1 atom stereocenters. The molecule has 0 aliphatic carbocycles. The maximum Gasteiger partial charge on any atom is 0.124 e. The summed E-state index contributed by atoms with van der Waals surface area (Å²) in [6.45, 7) is 3.27. The van der Waals surface area contributed by atoms with Crippen molar-refractivity contribution >= 4 is 17.6 Å². The molecule has 2 aliphatic rings. The molecule has 9 N–H and O–H groups in total. The van der Waals surface area contributed by atoms with E-state index in [4.69, 9.17) is 20.9 Å². The van der Waals surface area contributed by atoms with Gasteiger partial charge in [0.25, 0.3) is 0 Å². The van der Waals surface area contributed by atoms with E-state index in [9.17, 15) is 5.11 Å². The predicted molar refractivity (Wildman–Crippen MR) is 134 cm³/mol. The van der Waals surface area contributed by atoms with E-state index < -0.39 is 0 Å². The minimum atomic E-state index is 0. The van der Waals surface area contributed by atoms with Crippen molar-refractivity contribution in [1.29, 1.82) is 0 Å². The van der Waals surface area contributed by atoms with Gasteiger partial charge in [0, 0.05) is 87.6 Å². The van der Waals surface area contributed by atoms with Crippen molar-refractivity contribution in [3.63, 3.8) is 0 Å². The Hall–Kier alpha value is -1.42. The van der Waals surface area contributed by atoms with Gasteiger partial charge in [-0.05, 0) is 75.9 Å². The van der Waals surface area contributed by atoms with Gasteiger partial charge in [-0.1, -0.05) is 12.1 Å². The third-order valence-corrected chi connectivity index (χ3v) is 6.18. The smallest absolute Gasteiger partial charge is 0.124 e. The van der Waals surface area contributed by atoms with Crippen LogP contribution >= 0.6 is 0 Å². The van der Waals surface area contributed by atoms with Gasteiger partial charge >= 0.3 is 0 Å². The number of aromatic hydroxyl groups is 1. The number of nitrogens with two attached hydrogens (primary N) is 2. The van der Waals surface area contributed by atoms with E-state index in [1.54, 1.807) is 12.1 Å². The van der Waals surface area contributed by atoms with E-state index in [0.717, 1.165) is 64.1 Å². The van der Waals surface area contributed by atoms with Gasteiger partial charge in [0.2, 0.25) is 0 Å². The van der Waals surface area contributed by atoms with E-state index in [0.29, 0.717) is 28.9 Å². The summed E-state index contributed by atoms with van der Waals surface area (Å²) in [5.74, 6) is 1.84. The normalized spacial score (nSPS) is 18.4. The number of nitrogens with one attached hydrogen (secondary N) is 2. The molecule has 2 saturated heterocycles. The molecule has 34 heavy (non-hydrogen) atoms. The summed E-state index contributed by atoms with van der Waals surface area (Å²) in [6, 6.07) is 7.11. The summed E-state index contributed by atoms with van der Waals surface area (Å²) in [5.41, 5.74) is 17.3. The second kappa shape index (κ2) is 15.6. The number of hydrogen-bond acceptors (Lipinski definition) is 6. The van der Waals surface area contributed by atoms with Crippen LogP contribution in [0.25, 0.3) is 11.8 Å². The number of aromatic amines is 1. The Balaban J connectivity index is 0.00000110. The Labute approximate surface area is 228 Å². The van der Waals surface area contributed by atoms with E-state index in [-0.39, 0.29) is 43.9 Å². The third-order valence-electron chi connectivity index (χ3n) is 6.18. The molecule has 8 nitrogen and oxygen atoms in total. The summed E-state index contributed by atoms with van der Waals surface area (Å²) in [5, 5.41) is 12.9. The van der Waals surface area contributed by atoms with Gasteiger partial charge in [-0.2, -0.15) is 0 Å². The number of aromatic nitrogens is 1. The maximum absolute atomic E-state index is 10.2. The zero-order chi connectivity index (χ0) is 22.9. The quantitative estimate of drug-likeness (QED) is 0.374. The van der Waals surface area contributed by atoms with Gasteiger partial charge in [0.15, 0.2) is 0 Å². The van der Waals surface area contributed by atoms with Crippen molar-refractivity contribution in [2.24, 2.45) is 11.7 Å². The minimum Gasteiger partial charge on any atom is -0.507 e. The van der Waals surface area contributed by atoms with Crippen LogP contribution in [0.4, 0.5) is 5.82 Å². The van der Waals surface area contributed by atoms with Crippen LogP contribution in [0.2, 0.25) is 0 Å². The van der Waals surface area contributed by atoms with Gasteiger partial charge in [0.1, 0.15) is 11.6 Å². The zero-order valence-electron chi connectivity index (χ0n) is 20.4. The molecule has 1 radical (unpaired) electrons. The van der Waals surface area contributed by atoms with Crippen molar-refractivity contribution in [2.75, 3.05) is 46.3 Å². The zero-order valence-corrected chi connectivity index (χ0v) is 23.2. The molecule has 2 aromatic rings. The van der Waals surface area contributed by atoms with Crippen molar-refractivity contribution in [1.82, 2.24) is 10.3 Å². The van der Waals surface area contributed by atoms with E-state index >= 15 is 0 Å². The van der Waals surface area contributed by atoms with Crippen molar-refractivity contribution in [2.45, 2.75) is 38.0 Å². The first-order valence-corrected chi connectivity index (χ1v) is 11.5. The summed E-state index contributed by atoms with van der Waals surface area (Å²) in [6.07, 6.45) is 7.04. The molecule has 0 saturated carbocycles. The Morgan fingerprint density at radius 2 is 1.79 bits per heavy atom. The van der Waals surface area contributed by atoms with Gasteiger partial charge in [-0.15, -0.1) is 0 Å². The molecule has 2 aliphatic heterocycles. The van der Waals surface area contributed by atoms with Crippen LogP contribution in [0.1, 0.15) is 54.0 Å². The molecular formula is C25H40N4O4Y. The monoisotopic (exact) mass is 549 g/mol. The van der Waals surface area contributed by atoms with Gasteiger partial charge in [-0.25, -0.2) is 0 Å². The Morgan fingerprint density at radius 1 is 1.15 bits per heavy atom. The number of hydrogen-bond donors (Lipinski definition) is 5. The number of anilines is 1. The number of nitrogen functional groups attached to an aromatic ring is 1. The second-order valence-electron chi connectivity index (χ2n) is 8.62. The predicted octanol–water partition coefficient (Wildman–Crippen LogP) is 2.63. The minimum absolute atomic E-state index is 0. The molecule has 1 aromatic carbocycles.